The Morgan fingerprint density at radius 3 is 2.56 bits per heavy atom. The molecule has 0 N–H and O–H groups in total. The van der Waals surface area contributed by atoms with Crippen molar-refractivity contribution in [3.8, 4) is 5.75 Å². The van der Waals surface area contributed by atoms with Crippen molar-refractivity contribution < 1.29 is 19.1 Å². The van der Waals surface area contributed by atoms with E-state index >= 15 is 0 Å². The lowest BCUT2D eigenvalue weighted by Crippen LogP contribution is -2.19. The first-order valence-electron chi connectivity index (χ1n) is 8.00. The van der Waals surface area contributed by atoms with E-state index < -0.39 is 5.97 Å². The predicted molar refractivity (Wildman–Crippen MR) is 113 cm³/mol. The number of carbonyl (C=O) groups excluding carboxylic acids is 1. The fourth-order valence-corrected chi connectivity index (χ4v) is 2.94. The number of nitrogens with zero attached hydrogens (tertiary/aromatic N) is 1. The van der Waals surface area contributed by atoms with E-state index in [9.17, 15) is 4.79 Å². The highest BCUT2D eigenvalue weighted by molar-refractivity contribution is 9.28. The Morgan fingerprint density at radius 2 is 1.89 bits per heavy atom. The van der Waals surface area contributed by atoms with Crippen molar-refractivity contribution in [1.82, 2.24) is 0 Å². The van der Waals surface area contributed by atoms with E-state index in [0.29, 0.717) is 5.56 Å². The molecule has 0 saturated heterocycles. The number of esters is 1. The van der Waals surface area contributed by atoms with Crippen molar-refractivity contribution in [1.29, 1.82) is 0 Å². The number of methoxy groups -OCH3 is 1. The molecule has 0 aliphatic heterocycles. The average Bonchev–Trinajstić information content (AvgIpc) is 2.65. The van der Waals surface area contributed by atoms with E-state index in [2.05, 4.69) is 37.0 Å². The highest BCUT2D eigenvalue weighted by atomic mass is 79.9. The number of benzene rings is 2. The second kappa shape index (κ2) is 10.3. The van der Waals surface area contributed by atoms with Gasteiger partial charge in [-0.15, -0.1) is 0 Å². The molecule has 5 nitrogen and oxygen atoms in total. The molecule has 0 heterocycles. The van der Waals surface area contributed by atoms with Gasteiger partial charge in [0.15, 0.2) is 5.71 Å². The van der Waals surface area contributed by atoms with Gasteiger partial charge >= 0.3 is 5.97 Å². The minimum absolute atomic E-state index is 0.0893. The lowest BCUT2D eigenvalue weighted by Gasteiger charge is -2.13. The second-order valence-electron chi connectivity index (χ2n) is 5.54. The maximum atomic E-state index is 12.0. The summed E-state index contributed by atoms with van der Waals surface area (Å²) in [6.45, 7) is 2.27. The summed E-state index contributed by atoms with van der Waals surface area (Å²) >= 11 is 6.76. The van der Waals surface area contributed by atoms with Gasteiger partial charge in [0.25, 0.3) is 0 Å². The zero-order chi connectivity index (χ0) is 19.8. The molecule has 7 heteroatoms. The van der Waals surface area contributed by atoms with Crippen molar-refractivity contribution in [2.45, 2.75) is 13.5 Å². The van der Waals surface area contributed by atoms with Crippen LogP contribution in [-0.2, 0) is 21.0 Å². The standard InChI is InChI=1S/C20H19Br2NO4/c1-13-8-9-17(15(10-13)11-18(21)22)27-12-14-6-4-5-7-16(14)19(23-26-3)20(24)25-2/h4-11H,12H2,1-3H3/b23-19+. The van der Waals surface area contributed by atoms with Crippen LogP contribution in [0.3, 0.4) is 0 Å². The summed E-state index contributed by atoms with van der Waals surface area (Å²) in [5, 5.41) is 3.81. The van der Waals surface area contributed by atoms with Crippen molar-refractivity contribution >= 4 is 49.6 Å². The third-order valence-corrected chi connectivity index (χ3v) is 4.10. The summed E-state index contributed by atoms with van der Waals surface area (Å²) in [6, 6.07) is 13.2. The molecule has 0 aromatic heterocycles. The highest BCUT2D eigenvalue weighted by Gasteiger charge is 2.19. The molecule has 2 rings (SSSR count). The van der Waals surface area contributed by atoms with Gasteiger partial charge in [-0.3, -0.25) is 0 Å². The van der Waals surface area contributed by atoms with Gasteiger partial charge in [-0.25, -0.2) is 4.79 Å². The Morgan fingerprint density at radius 1 is 1.15 bits per heavy atom. The Kier molecular flexibility index (Phi) is 8.06. The summed E-state index contributed by atoms with van der Waals surface area (Å²) < 4.78 is 11.6. The predicted octanol–water partition coefficient (Wildman–Crippen LogP) is 5.19. The monoisotopic (exact) mass is 495 g/mol. The molecule has 0 amide bonds. The molecule has 0 saturated carbocycles. The average molecular weight is 497 g/mol. The largest absolute Gasteiger partial charge is 0.488 e. The number of ether oxygens (including phenoxy) is 2. The zero-order valence-corrected chi connectivity index (χ0v) is 18.3. The first-order chi connectivity index (χ1) is 13.0. The maximum absolute atomic E-state index is 12.0. The fraction of sp³-hybridized carbons (Fsp3) is 0.200. The molecule has 2 aromatic rings. The quantitative estimate of drug-likeness (QED) is 0.301. The number of aryl methyl sites for hydroxylation is 1. The van der Waals surface area contributed by atoms with Crippen LogP contribution in [0.15, 0.2) is 51.0 Å². The van der Waals surface area contributed by atoms with Crippen LogP contribution in [0.5, 0.6) is 5.75 Å². The zero-order valence-electron chi connectivity index (χ0n) is 15.2. The number of oxime groups is 1. The smallest absolute Gasteiger partial charge is 0.360 e. The van der Waals surface area contributed by atoms with Crippen LogP contribution in [0, 0.1) is 6.92 Å². The van der Waals surface area contributed by atoms with Crippen molar-refractivity contribution in [2.24, 2.45) is 5.16 Å². The SMILES string of the molecule is CO/N=C(/C(=O)OC)c1ccccc1COc1ccc(C)cc1C=C(Br)Br. The topological polar surface area (TPSA) is 57.1 Å². The molecule has 0 unspecified atom stereocenters. The van der Waals surface area contributed by atoms with Gasteiger partial charge in [0, 0.05) is 11.1 Å². The summed E-state index contributed by atoms with van der Waals surface area (Å²) in [7, 11) is 2.68. The summed E-state index contributed by atoms with van der Waals surface area (Å²) in [5.41, 5.74) is 3.51. The van der Waals surface area contributed by atoms with Crippen molar-refractivity contribution in [3.63, 3.8) is 0 Å². The van der Waals surface area contributed by atoms with Crippen LogP contribution >= 0.6 is 31.9 Å². The van der Waals surface area contributed by atoms with Crippen LogP contribution in [0.25, 0.3) is 6.08 Å². The van der Waals surface area contributed by atoms with Crippen LogP contribution < -0.4 is 4.74 Å². The first-order valence-corrected chi connectivity index (χ1v) is 9.58. The van der Waals surface area contributed by atoms with E-state index in [0.717, 1.165) is 25.8 Å². The molecule has 0 radical (unpaired) electrons. The van der Waals surface area contributed by atoms with Gasteiger partial charge < -0.3 is 14.3 Å². The molecule has 0 aliphatic rings. The molecule has 27 heavy (non-hydrogen) atoms. The molecule has 0 bridgehead atoms. The Bertz CT molecular complexity index is 874. The second-order valence-corrected chi connectivity index (χ2v) is 8.31. The molecule has 0 spiro atoms. The third kappa shape index (κ3) is 5.94. The lowest BCUT2D eigenvalue weighted by molar-refractivity contribution is -0.132. The minimum atomic E-state index is -0.577. The Hall–Kier alpha value is -2.12. The summed E-state index contributed by atoms with van der Waals surface area (Å²) in [4.78, 5) is 16.9. The number of carbonyl (C=O) groups is 1. The first kappa shape index (κ1) is 21.2. The Balaban J connectivity index is 2.34. The summed E-state index contributed by atoms with van der Waals surface area (Å²) in [5.74, 6) is 0.140. The van der Waals surface area contributed by atoms with Crippen molar-refractivity contribution in [3.05, 3.63) is 68.1 Å². The van der Waals surface area contributed by atoms with Gasteiger partial charge in [0.05, 0.1) is 10.5 Å². The summed E-state index contributed by atoms with van der Waals surface area (Å²) in [6.07, 6.45) is 1.92. The minimum Gasteiger partial charge on any atom is -0.488 e. The van der Waals surface area contributed by atoms with E-state index in [1.165, 1.54) is 14.2 Å². The van der Waals surface area contributed by atoms with E-state index in [1.807, 2.05) is 49.4 Å². The van der Waals surface area contributed by atoms with Crippen molar-refractivity contribution in [2.75, 3.05) is 14.2 Å². The number of rotatable bonds is 7. The molecular weight excluding hydrogens is 478 g/mol. The van der Waals surface area contributed by atoms with E-state index in [-0.39, 0.29) is 12.3 Å². The number of hydrogen-bond donors (Lipinski definition) is 0. The highest BCUT2D eigenvalue weighted by Crippen LogP contribution is 2.27. The van der Waals surface area contributed by atoms with Gasteiger partial charge in [-0.05, 0) is 62.6 Å². The normalized spacial score (nSPS) is 10.9. The van der Waals surface area contributed by atoms with Gasteiger partial charge in [-0.2, -0.15) is 0 Å². The molecule has 142 valence electrons. The molecular formula is C20H19Br2NO4. The van der Waals surface area contributed by atoms with Crippen LogP contribution in [0.4, 0.5) is 0 Å². The molecule has 0 atom stereocenters. The number of halogens is 2. The third-order valence-electron chi connectivity index (χ3n) is 3.65. The van der Waals surface area contributed by atoms with Gasteiger partial charge in [0.1, 0.15) is 19.5 Å². The Labute approximate surface area is 175 Å². The fourth-order valence-electron chi connectivity index (χ4n) is 2.45. The van der Waals surface area contributed by atoms with E-state index in [1.54, 1.807) is 6.07 Å². The molecule has 0 fully saturated rings. The lowest BCUT2D eigenvalue weighted by atomic mass is 10.0. The molecule has 2 aromatic carbocycles. The maximum Gasteiger partial charge on any atom is 0.360 e. The number of hydrogen-bond acceptors (Lipinski definition) is 5. The van der Waals surface area contributed by atoms with Gasteiger partial charge in [0.2, 0.25) is 0 Å². The van der Waals surface area contributed by atoms with Crippen LogP contribution in [-0.4, -0.2) is 25.9 Å². The van der Waals surface area contributed by atoms with E-state index in [4.69, 9.17) is 14.3 Å². The van der Waals surface area contributed by atoms with Crippen LogP contribution in [0.1, 0.15) is 22.3 Å². The van der Waals surface area contributed by atoms with Crippen LogP contribution in [0.2, 0.25) is 0 Å². The van der Waals surface area contributed by atoms with Gasteiger partial charge in [-0.1, -0.05) is 41.1 Å². The molecule has 0 aliphatic carbocycles.